The highest BCUT2D eigenvalue weighted by molar-refractivity contribution is 6.11. The van der Waals surface area contributed by atoms with Crippen molar-refractivity contribution in [2.24, 2.45) is 0 Å². The topological polar surface area (TPSA) is 56.5 Å². The molecule has 1 aliphatic carbocycles. The summed E-state index contributed by atoms with van der Waals surface area (Å²) in [5.41, 5.74) is 1.88. The van der Waals surface area contributed by atoms with Gasteiger partial charge in [-0.2, -0.15) is 0 Å². The zero-order chi connectivity index (χ0) is 21.3. The Kier molecular flexibility index (Phi) is 5.83. The molecule has 29 heavy (non-hydrogen) atoms. The lowest BCUT2D eigenvalue weighted by atomic mass is 9.69. The van der Waals surface area contributed by atoms with E-state index in [0.717, 1.165) is 5.56 Å². The molecule has 3 rings (SSSR count). The largest absolute Gasteiger partial charge is 0.500 e. The number of rotatable bonds is 6. The molecule has 0 fully saturated rings. The summed E-state index contributed by atoms with van der Waals surface area (Å²) in [6.07, 6.45) is 1.87. The van der Waals surface area contributed by atoms with E-state index in [1.165, 1.54) is 11.6 Å². The fourth-order valence-electron chi connectivity index (χ4n) is 4.40. The SMILES string of the molecule is CCC1=C(OC)C(CC)(CC)c2oc(-c3ccc(C(C)C)cc3)cc(=O)c2C1=O. The maximum Gasteiger partial charge on any atom is 0.199 e. The summed E-state index contributed by atoms with van der Waals surface area (Å²) in [7, 11) is 1.59. The molecule has 1 heterocycles. The molecular weight excluding hydrogens is 364 g/mol. The molecule has 1 aliphatic rings. The molecule has 0 saturated carbocycles. The molecule has 0 bridgehead atoms. The van der Waals surface area contributed by atoms with Gasteiger partial charge in [0, 0.05) is 17.2 Å². The Bertz CT molecular complexity index is 1000. The zero-order valence-electron chi connectivity index (χ0n) is 18.2. The zero-order valence-corrected chi connectivity index (χ0v) is 18.2. The Morgan fingerprint density at radius 3 is 2.14 bits per heavy atom. The molecule has 0 atom stereocenters. The summed E-state index contributed by atoms with van der Waals surface area (Å²) in [6.45, 7) is 10.3. The van der Waals surface area contributed by atoms with Gasteiger partial charge >= 0.3 is 0 Å². The van der Waals surface area contributed by atoms with Gasteiger partial charge in [-0.15, -0.1) is 0 Å². The van der Waals surface area contributed by atoms with Gasteiger partial charge in [0.05, 0.1) is 12.5 Å². The van der Waals surface area contributed by atoms with Crippen LogP contribution in [0.15, 0.2) is 50.9 Å². The number of ketones is 1. The molecule has 4 heteroatoms. The van der Waals surface area contributed by atoms with E-state index in [1.54, 1.807) is 7.11 Å². The molecule has 0 amide bonds. The van der Waals surface area contributed by atoms with Crippen molar-refractivity contribution in [3.05, 3.63) is 68.8 Å². The van der Waals surface area contributed by atoms with Crippen molar-refractivity contribution < 1.29 is 13.9 Å². The summed E-state index contributed by atoms with van der Waals surface area (Å²) in [4.78, 5) is 26.2. The maximum atomic E-state index is 13.1. The van der Waals surface area contributed by atoms with Crippen LogP contribution >= 0.6 is 0 Å². The monoisotopic (exact) mass is 394 g/mol. The minimum absolute atomic E-state index is 0.161. The fourth-order valence-corrected chi connectivity index (χ4v) is 4.40. The quantitative estimate of drug-likeness (QED) is 0.603. The van der Waals surface area contributed by atoms with Gasteiger partial charge in [0.1, 0.15) is 22.8 Å². The first-order valence-corrected chi connectivity index (χ1v) is 10.5. The van der Waals surface area contributed by atoms with Gasteiger partial charge in [0.15, 0.2) is 11.2 Å². The second kappa shape index (κ2) is 8.02. The third-order valence-corrected chi connectivity index (χ3v) is 6.22. The van der Waals surface area contributed by atoms with Crippen molar-refractivity contribution in [1.82, 2.24) is 0 Å². The third kappa shape index (κ3) is 3.25. The summed E-state index contributed by atoms with van der Waals surface area (Å²) in [6, 6.07) is 9.48. The number of ether oxygens (including phenoxy) is 1. The van der Waals surface area contributed by atoms with Crippen LogP contribution in [0.3, 0.4) is 0 Å². The van der Waals surface area contributed by atoms with Gasteiger partial charge in [-0.05, 0) is 30.7 Å². The Labute approximate surface area is 172 Å². The molecule has 154 valence electrons. The summed E-state index contributed by atoms with van der Waals surface area (Å²) >= 11 is 0. The van der Waals surface area contributed by atoms with Crippen LogP contribution in [0.4, 0.5) is 0 Å². The van der Waals surface area contributed by atoms with Gasteiger partial charge in [0.2, 0.25) is 0 Å². The summed E-state index contributed by atoms with van der Waals surface area (Å²) in [5.74, 6) is 1.72. The van der Waals surface area contributed by atoms with Gasteiger partial charge in [-0.25, -0.2) is 0 Å². The van der Waals surface area contributed by atoms with E-state index in [1.807, 2.05) is 45.0 Å². The highest BCUT2D eigenvalue weighted by Crippen LogP contribution is 2.47. The molecule has 0 unspecified atom stereocenters. The van der Waals surface area contributed by atoms with E-state index in [-0.39, 0.29) is 16.8 Å². The van der Waals surface area contributed by atoms with E-state index in [0.29, 0.717) is 48.0 Å². The standard InChI is InChI=1S/C25H30O4/c1-7-18-22(27)21-19(26)14-20(17-12-10-16(11-13-17)15(4)5)29-24(21)25(8-2,9-3)23(18)28-6/h10-15H,7-9H2,1-6H3. The second-order valence-corrected chi connectivity index (χ2v) is 7.94. The van der Waals surface area contributed by atoms with Crippen molar-refractivity contribution >= 4 is 5.78 Å². The second-order valence-electron chi connectivity index (χ2n) is 7.94. The molecule has 0 radical (unpaired) electrons. The first kappa shape index (κ1) is 21.1. The van der Waals surface area contributed by atoms with Crippen LogP contribution in [0.25, 0.3) is 11.3 Å². The van der Waals surface area contributed by atoms with Crippen molar-refractivity contribution in [1.29, 1.82) is 0 Å². The first-order chi connectivity index (χ1) is 13.8. The number of benzene rings is 1. The summed E-state index contributed by atoms with van der Waals surface area (Å²) in [5, 5.41) is 0. The van der Waals surface area contributed by atoms with Crippen molar-refractivity contribution in [2.45, 2.75) is 65.2 Å². The molecule has 0 N–H and O–H groups in total. The number of methoxy groups -OCH3 is 1. The number of fused-ring (bicyclic) bond motifs is 1. The van der Waals surface area contributed by atoms with Crippen LogP contribution < -0.4 is 5.43 Å². The lowest BCUT2D eigenvalue weighted by Crippen LogP contribution is -2.39. The van der Waals surface area contributed by atoms with Crippen LogP contribution in [0.2, 0.25) is 0 Å². The van der Waals surface area contributed by atoms with Crippen molar-refractivity contribution in [2.75, 3.05) is 7.11 Å². The predicted octanol–water partition coefficient (Wildman–Crippen LogP) is 5.99. The molecule has 1 aromatic carbocycles. The predicted molar refractivity (Wildman–Crippen MR) is 115 cm³/mol. The molecule has 1 aromatic heterocycles. The van der Waals surface area contributed by atoms with Crippen molar-refractivity contribution in [3.8, 4) is 11.3 Å². The van der Waals surface area contributed by atoms with Crippen LogP contribution in [-0.2, 0) is 10.2 Å². The van der Waals surface area contributed by atoms with Gasteiger partial charge in [-0.3, -0.25) is 9.59 Å². The van der Waals surface area contributed by atoms with E-state index in [9.17, 15) is 9.59 Å². The normalized spacial score (nSPS) is 15.6. The average molecular weight is 395 g/mol. The lowest BCUT2D eigenvalue weighted by molar-refractivity contribution is 0.0975. The molecule has 0 aliphatic heterocycles. The van der Waals surface area contributed by atoms with Crippen LogP contribution in [0.5, 0.6) is 0 Å². The number of hydrogen-bond acceptors (Lipinski definition) is 4. The maximum absolute atomic E-state index is 13.1. The third-order valence-electron chi connectivity index (χ3n) is 6.22. The number of hydrogen-bond donors (Lipinski definition) is 0. The number of Topliss-reactive ketones (excluding diaryl/α,β-unsaturated/α-hetero) is 1. The van der Waals surface area contributed by atoms with Crippen molar-refractivity contribution in [3.63, 3.8) is 0 Å². The van der Waals surface area contributed by atoms with Gasteiger partial charge in [-0.1, -0.05) is 58.9 Å². The molecule has 2 aromatic rings. The molecule has 0 saturated heterocycles. The van der Waals surface area contributed by atoms with E-state index in [2.05, 4.69) is 13.8 Å². The first-order valence-electron chi connectivity index (χ1n) is 10.5. The summed E-state index contributed by atoms with van der Waals surface area (Å²) < 4.78 is 12.1. The number of carbonyl (C=O) groups excluding carboxylic acids is 1. The minimum atomic E-state index is -0.615. The minimum Gasteiger partial charge on any atom is -0.500 e. The lowest BCUT2D eigenvalue weighted by Gasteiger charge is -2.37. The fraction of sp³-hybridized carbons (Fsp3) is 0.440. The Balaban J connectivity index is 2.28. The Morgan fingerprint density at radius 2 is 1.66 bits per heavy atom. The van der Waals surface area contributed by atoms with E-state index >= 15 is 0 Å². The van der Waals surface area contributed by atoms with Gasteiger partial charge in [0.25, 0.3) is 0 Å². The Morgan fingerprint density at radius 1 is 1.03 bits per heavy atom. The highest BCUT2D eigenvalue weighted by Gasteiger charge is 2.47. The molecule has 0 spiro atoms. The van der Waals surface area contributed by atoms with Crippen LogP contribution in [0.1, 0.15) is 81.5 Å². The molecule has 4 nitrogen and oxygen atoms in total. The number of carbonyl (C=O) groups is 1. The molecular formula is C25H30O4. The van der Waals surface area contributed by atoms with E-state index in [4.69, 9.17) is 9.15 Å². The van der Waals surface area contributed by atoms with Crippen LogP contribution in [-0.4, -0.2) is 12.9 Å². The van der Waals surface area contributed by atoms with Gasteiger partial charge < -0.3 is 9.15 Å². The van der Waals surface area contributed by atoms with Crippen LogP contribution in [0, 0.1) is 0 Å². The average Bonchev–Trinajstić information content (AvgIpc) is 2.73. The van der Waals surface area contributed by atoms with E-state index < -0.39 is 5.41 Å². The Hall–Kier alpha value is -2.62. The smallest absolute Gasteiger partial charge is 0.199 e. The highest BCUT2D eigenvalue weighted by atomic mass is 16.5. The number of allylic oxidation sites excluding steroid dienone is 2.